The summed E-state index contributed by atoms with van der Waals surface area (Å²) >= 11 is 0. The zero-order valence-corrected chi connectivity index (χ0v) is 12.1. The maximum atomic E-state index is 12.7. The summed E-state index contributed by atoms with van der Waals surface area (Å²) in [4.78, 5) is 25.6. The van der Waals surface area contributed by atoms with Gasteiger partial charge in [-0.15, -0.1) is 0 Å². The molecule has 0 aromatic heterocycles. The van der Waals surface area contributed by atoms with Gasteiger partial charge in [-0.25, -0.2) is 0 Å². The number of rotatable bonds is 2. The smallest absolute Gasteiger partial charge is 0.306 e. The summed E-state index contributed by atoms with van der Waals surface area (Å²) in [6, 6.07) is 8.29. The fourth-order valence-corrected chi connectivity index (χ4v) is 3.58. The van der Waals surface area contributed by atoms with Gasteiger partial charge in [-0.05, 0) is 43.2 Å². The highest BCUT2D eigenvalue weighted by atomic mass is 16.4. The number of aliphatic carboxylic acids is 1. The fourth-order valence-electron chi connectivity index (χ4n) is 3.58. The third-order valence-corrected chi connectivity index (χ3v) is 4.80. The second-order valence-corrected chi connectivity index (χ2v) is 6.18. The molecule has 1 heterocycles. The highest BCUT2D eigenvalue weighted by Gasteiger charge is 2.36. The average molecular weight is 287 g/mol. The van der Waals surface area contributed by atoms with Crippen molar-refractivity contribution in [2.24, 2.45) is 11.8 Å². The van der Waals surface area contributed by atoms with E-state index in [9.17, 15) is 9.59 Å². The van der Waals surface area contributed by atoms with Gasteiger partial charge in [-0.3, -0.25) is 9.59 Å². The zero-order valence-electron chi connectivity index (χ0n) is 12.1. The summed E-state index contributed by atoms with van der Waals surface area (Å²) in [5.41, 5.74) is 2.57. The second kappa shape index (κ2) is 5.88. The maximum absolute atomic E-state index is 12.7. The lowest BCUT2D eigenvalue weighted by molar-refractivity contribution is -0.141. The molecular formula is C17H21NO3. The summed E-state index contributed by atoms with van der Waals surface area (Å²) < 4.78 is 0. The standard InChI is InChI=1S/C17H21NO3/c19-16(13-7-8-14(10-13)17(20)21)18-9-3-6-12-4-1-2-5-15(12)11-18/h1-2,4-5,13-14H,3,6-11H2,(H,20,21)/t13-,14+/m0/s1. The number of hydrogen-bond acceptors (Lipinski definition) is 2. The van der Waals surface area contributed by atoms with Crippen LogP contribution in [0.5, 0.6) is 0 Å². The number of fused-ring (bicyclic) bond motifs is 1. The van der Waals surface area contributed by atoms with Gasteiger partial charge in [-0.2, -0.15) is 0 Å². The van der Waals surface area contributed by atoms with Crippen LogP contribution in [-0.2, 0) is 22.6 Å². The lowest BCUT2D eigenvalue weighted by Crippen LogP contribution is -2.35. The van der Waals surface area contributed by atoms with Crippen molar-refractivity contribution in [1.29, 1.82) is 0 Å². The molecule has 3 rings (SSSR count). The van der Waals surface area contributed by atoms with Crippen LogP contribution in [0.2, 0.25) is 0 Å². The van der Waals surface area contributed by atoms with Gasteiger partial charge in [0.05, 0.1) is 5.92 Å². The Morgan fingerprint density at radius 1 is 1.10 bits per heavy atom. The van der Waals surface area contributed by atoms with E-state index in [-0.39, 0.29) is 17.7 Å². The molecule has 0 saturated heterocycles. The number of amides is 1. The van der Waals surface area contributed by atoms with Crippen LogP contribution in [0.1, 0.15) is 36.8 Å². The van der Waals surface area contributed by atoms with Crippen LogP contribution in [0.4, 0.5) is 0 Å². The minimum Gasteiger partial charge on any atom is -0.481 e. The van der Waals surface area contributed by atoms with Gasteiger partial charge in [0.1, 0.15) is 0 Å². The number of benzene rings is 1. The Morgan fingerprint density at radius 3 is 2.52 bits per heavy atom. The van der Waals surface area contributed by atoms with Crippen molar-refractivity contribution in [3.63, 3.8) is 0 Å². The van der Waals surface area contributed by atoms with Gasteiger partial charge in [0, 0.05) is 19.0 Å². The molecular weight excluding hydrogens is 266 g/mol. The molecule has 0 bridgehead atoms. The highest BCUT2D eigenvalue weighted by Crippen LogP contribution is 2.33. The van der Waals surface area contributed by atoms with E-state index >= 15 is 0 Å². The number of carboxylic acids is 1. The minimum absolute atomic E-state index is 0.101. The van der Waals surface area contributed by atoms with Crippen molar-refractivity contribution in [3.8, 4) is 0 Å². The van der Waals surface area contributed by atoms with Crippen LogP contribution in [-0.4, -0.2) is 28.4 Å². The quantitative estimate of drug-likeness (QED) is 0.909. The molecule has 1 aromatic rings. The molecule has 1 saturated carbocycles. The number of carbonyl (C=O) groups excluding carboxylic acids is 1. The molecule has 1 aliphatic carbocycles. The molecule has 1 N–H and O–H groups in total. The van der Waals surface area contributed by atoms with E-state index in [2.05, 4.69) is 12.1 Å². The van der Waals surface area contributed by atoms with E-state index in [1.165, 1.54) is 11.1 Å². The third kappa shape index (κ3) is 2.94. The van der Waals surface area contributed by atoms with Crippen molar-refractivity contribution in [3.05, 3.63) is 35.4 Å². The molecule has 112 valence electrons. The fraction of sp³-hybridized carbons (Fsp3) is 0.529. The molecule has 4 heteroatoms. The first-order valence-electron chi connectivity index (χ1n) is 7.73. The Hall–Kier alpha value is -1.84. The van der Waals surface area contributed by atoms with Gasteiger partial charge in [0.2, 0.25) is 5.91 Å². The number of nitrogens with zero attached hydrogens (tertiary/aromatic N) is 1. The molecule has 21 heavy (non-hydrogen) atoms. The topological polar surface area (TPSA) is 57.6 Å². The number of carbonyl (C=O) groups is 2. The summed E-state index contributed by atoms with van der Waals surface area (Å²) in [5, 5.41) is 9.07. The first kappa shape index (κ1) is 14.1. The molecule has 1 amide bonds. The summed E-state index contributed by atoms with van der Waals surface area (Å²) in [5.74, 6) is -1.04. The Morgan fingerprint density at radius 2 is 1.81 bits per heavy atom. The Kier molecular flexibility index (Phi) is 3.95. The number of carboxylic acid groups (broad SMARTS) is 1. The van der Waals surface area contributed by atoms with Gasteiger partial charge in [0.15, 0.2) is 0 Å². The van der Waals surface area contributed by atoms with Crippen molar-refractivity contribution in [1.82, 2.24) is 4.90 Å². The first-order chi connectivity index (χ1) is 10.1. The molecule has 1 aliphatic heterocycles. The zero-order chi connectivity index (χ0) is 14.8. The average Bonchev–Trinajstić information content (AvgIpc) is 2.87. The summed E-state index contributed by atoms with van der Waals surface area (Å²) in [7, 11) is 0. The van der Waals surface area contributed by atoms with Gasteiger partial charge < -0.3 is 10.0 Å². The molecule has 0 spiro atoms. The van der Waals surface area contributed by atoms with Crippen LogP contribution in [0.3, 0.4) is 0 Å². The van der Waals surface area contributed by atoms with Crippen LogP contribution in [0.25, 0.3) is 0 Å². The second-order valence-electron chi connectivity index (χ2n) is 6.18. The Bertz CT molecular complexity index is 555. The lowest BCUT2D eigenvalue weighted by Gasteiger charge is -2.24. The van der Waals surface area contributed by atoms with Crippen LogP contribution >= 0.6 is 0 Å². The van der Waals surface area contributed by atoms with Crippen LogP contribution in [0, 0.1) is 11.8 Å². The van der Waals surface area contributed by atoms with Crippen molar-refractivity contribution in [2.45, 2.75) is 38.6 Å². The Balaban J connectivity index is 1.70. The first-order valence-corrected chi connectivity index (χ1v) is 7.73. The monoisotopic (exact) mass is 287 g/mol. The number of hydrogen-bond donors (Lipinski definition) is 1. The normalized spacial score (nSPS) is 25.2. The molecule has 1 fully saturated rings. The van der Waals surface area contributed by atoms with Crippen molar-refractivity contribution in [2.75, 3.05) is 6.54 Å². The molecule has 1 aromatic carbocycles. The van der Waals surface area contributed by atoms with E-state index in [0.717, 1.165) is 19.4 Å². The van der Waals surface area contributed by atoms with Crippen LogP contribution in [0.15, 0.2) is 24.3 Å². The summed E-state index contributed by atoms with van der Waals surface area (Å²) in [6.07, 6.45) is 3.86. The third-order valence-electron chi connectivity index (χ3n) is 4.80. The van der Waals surface area contributed by atoms with Gasteiger partial charge >= 0.3 is 5.97 Å². The van der Waals surface area contributed by atoms with Gasteiger partial charge in [0.25, 0.3) is 0 Å². The SMILES string of the molecule is O=C(O)[C@@H]1CC[C@H](C(=O)N2CCCc3ccccc3C2)C1. The Labute approximate surface area is 124 Å². The largest absolute Gasteiger partial charge is 0.481 e. The van der Waals surface area contributed by atoms with Gasteiger partial charge in [-0.1, -0.05) is 24.3 Å². The van der Waals surface area contributed by atoms with E-state index in [0.29, 0.717) is 25.8 Å². The summed E-state index contributed by atoms with van der Waals surface area (Å²) in [6.45, 7) is 1.45. The predicted molar refractivity (Wildman–Crippen MR) is 78.6 cm³/mol. The minimum atomic E-state index is -0.758. The number of aryl methyl sites for hydroxylation is 1. The molecule has 0 radical (unpaired) electrons. The molecule has 2 atom stereocenters. The maximum Gasteiger partial charge on any atom is 0.306 e. The van der Waals surface area contributed by atoms with E-state index in [1.807, 2.05) is 17.0 Å². The molecule has 0 unspecified atom stereocenters. The van der Waals surface area contributed by atoms with E-state index < -0.39 is 5.97 Å². The van der Waals surface area contributed by atoms with Crippen molar-refractivity contribution < 1.29 is 14.7 Å². The lowest BCUT2D eigenvalue weighted by atomic mass is 10.0. The van der Waals surface area contributed by atoms with Crippen LogP contribution < -0.4 is 0 Å². The highest BCUT2D eigenvalue weighted by molar-refractivity contribution is 5.81. The van der Waals surface area contributed by atoms with Crippen molar-refractivity contribution >= 4 is 11.9 Å². The van der Waals surface area contributed by atoms with E-state index in [4.69, 9.17) is 5.11 Å². The van der Waals surface area contributed by atoms with E-state index in [1.54, 1.807) is 0 Å². The predicted octanol–water partition coefficient (Wildman–Crippen LogP) is 2.46. The molecule has 4 nitrogen and oxygen atoms in total. The molecule has 2 aliphatic rings.